The molecule has 3 rings (SSSR count). The highest BCUT2D eigenvalue weighted by molar-refractivity contribution is 7.15. The van der Waals surface area contributed by atoms with Crippen molar-refractivity contribution in [3.05, 3.63) is 17.3 Å². The second-order valence-corrected chi connectivity index (χ2v) is 7.00. The Morgan fingerprint density at radius 2 is 2.24 bits per heavy atom. The van der Waals surface area contributed by atoms with E-state index in [1.807, 2.05) is 5.38 Å². The molecule has 2 aromatic rings. The lowest BCUT2D eigenvalue weighted by Crippen LogP contribution is -2.37. The Labute approximate surface area is 128 Å². The molecule has 0 unspecified atom stereocenters. The minimum atomic E-state index is -0.900. The average Bonchev–Trinajstić information content (AvgIpc) is 3.11. The van der Waals surface area contributed by atoms with E-state index in [2.05, 4.69) is 23.7 Å². The maximum absolute atomic E-state index is 11.7. The molecular formula is C15H21N3O2S. The fraction of sp³-hybridized carbons (Fsp3) is 0.600. The SMILES string of the molecule is CC(C)CN(c1nc2sccn2c1C(=O)O)C1CCCC1. The van der Waals surface area contributed by atoms with E-state index in [9.17, 15) is 9.90 Å². The van der Waals surface area contributed by atoms with Gasteiger partial charge in [-0.15, -0.1) is 11.3 Å². The van der Waals surface area contributed by atoms with Crippen molar-refractivity contribution in [3.8, 4) is 0 Å². The minimum Gasteiger partial charge on any atom is -0.476 e. The molecule has 1 aliphatic rings. The van der Waals surface area contributed by atoms with Crippen molar-refractivity contribution in [2.75, 3.05) is 11.4 Å². The third-order valence-electron chi connectivity index (χ3n) is 4.05. The lowest BCUT2D eigenvalue weighted by molar-refractivity contribution is 0.0690. The summed E-state index contributed by atoms with van der Waals surface area (Å²) in [5, 5.41) is 11.5. The van der Waals surface area contributed by atoms with Gasteiger partial charge in [0.2, 0.25) is 0 Å². The van der Waals surface area contributed by atoms with Gasteiger partial charge < -0.3 is 10.0 Å². The van der Waals surface area contributed by atoms with Crippen molar-refractivity contribution in [2.45, 2.75) is 45.6 Å². The topological polar surface area (TPSA) is 57.8 Å². The molecule has 5 nitrogen and oxygen atoms in total. The smallest absolute Gasteiger partial charge is 0.356 e. The Bertz CT molecular complexity index is 640. The standard InChI is InChI=1S/C15H21N3O2S/c1-10(2)9-18(11-5-3-4-6-11)13-12(14(19)20)17-7-8-21-15(17)16-13/h7-8,10-11H,3-6,9H2,1-2H3,(H,19,20). The van der Waals surface area contributed by atoms with Gasteiger partial charge in [-0.05, 0) is 18.8 Å². The Morgan fingerprint density at radius 1 is 1.52 bits per heavy atom. The summed E-state index contributed by atoms with van der Waals surface area (Å²) in [6.07, 6.45) is 6.52. The molecular weight excluding hydrogens is 286 g/mol. The monoisotopic (exact) mass is 307 g/mol. The van der Waals surface area contributed by atoms with Crippen LogP contribution in [0, 0.1) is 5.92 Å². The molecule has 0 bridgehead atoms. The first-order chi connectivity index (χ1) is 10.1. The van der Waals surface area contributed by atoms with Gasteiger partial charge in [0.15, 0.2) is 16.5 Å². The zero-order valence-electron chi connectivity index (χ0n) is 12.5. The van der Waals surface area contributed by atoms with Crippen molar-refractivity contribution in [1.82, 2.24) is 9.38 Å². The van der Waals surface area contributed by atoms with E-state index in [1.54, 1.807) is 10.6 Å². The summed E-state index contributed by atoms with van der Waals surface area (Å²) >= 11 is 1.48. The van der Waals surface area contributed by atoms with E-state index < -0.39 is 5.97 Å². The van der Waals surface area contributed by atoms with Crippen LogP contribution >= 0.6 is 11.3 Å². The first-order valence-electron chi connectivity index (χ1n) is 7.53. The number of carboxylic acids is 1. The predicted molar refractivity (Wildman–Crippen MR) is 84.5 cm³/mol. The largest absolute Gasteiger partial charge is 0.476 e. The second-order valence-electron chi connectivity index (χ2n) is 6.13. The zero-order valence-corrected chi connectivity index (χ0v) is 13.3. The van der Waals surface area contributed by atoms with Crippen LogP contribution in [0.2, 0.25) is 0 Å². The Morgan fingerprint density at radius 3 is 2.86 bits per heavy atom. The predicted octanol–water partition coefficient (Wildman–Crippen LogP) is 3.50. The lowest BCUT2D eigenvalue weighted by Gasteiger charge is -2.31. The molecule has 21 heavy (non-hydrogen) atoms. The van der Waals surface area contributed by atoms with Gasteiger partial charge >= 0.3 is 5.97 Å². The maximum Gasteiger partial charge on any atom is 0.356 e. The molecule has 0 aliphatic heterocycles. The number of nitrogens with zero attached hydrogens (tertiary/aromatic N) is 3. The first-order valence-corrected chi connectivity index (χ1v) is 8.41. The highest BCUT2D eigenvalue weighted by atomic mass is 32.1. The van der Waals surface area contributed by atoms with Crippen molar-refractivity contribution in [1.29, 1.82) is 0 Å². The molecule has 0 spiro atoms. The minimum absolute atomic E-state index is 0.304. The van der Waals surface area contributed by atoms with Crippen LogP contribution in [0.15, 0.2) is 11.6 Å². The molecule has 2 aromatic heterocycles. The van der Waals surface area contributed by atoms with Crippen LogP contribution in [0.25, 0.3) is 4.96 Å². The third-order valence-corrected chi connectivity index (χ3v) is 4.80. The van der Waals surface area contributed by atoms with Crippen LogP contribution in [0.5, 0.6) is 0 Å². The molecule has 1 aliphatic carbocycles. The highest BCUT2D eigenvalue weighted by Crippen LogP contribution is 2.32. The van der Waals surface area contributed by atoms with Gasteiger partial charge in [-0.2, -0.15) is 0 Å². The van der Waals surface area contributed by atoms with Crippen molar-refractivity contribution >= 4 is 28.1 Å². The summed E-state index contributed by atoms with van der Waals surface area (Å²) in [6, 6.07) is 0.426. The molecule has 114 valence electrons. The highest BCUT2D eigenvalue weighted by Gasteiger charge is 2.30. The van der Waals surface area contributed by atoms with E-state index in [0.717, 1.165) is 24.3 Å². The molecule has 0 radical (unpaired) electrons. The second kappa shape index (κ2) is 5.67. The quantitative estimate of drug-likeness (QED) is 0.918. The van der Waals surface area contributed by atoms with Crippen molar-refractivity contribution in [3.63, 3.8) is 0 Å². The first kappa shape index (κ1) is 14.4. The molecule has 0 saturated heterocycles. The Hall–Kier alpha value is -1.56. The molecule has 0 amide bonds. The maximum atomic E-state index is 11.7. The Kier molecular flexibility index (Phi) is 3.89. The summed E-state index contributed by atoms with van der Waals surface area (Å²) in [6.45, 7) is 5.19. The summed E-state index contributed by atoms with van der Waals surface area (Å²) in [7, 11) is 0. The molecule has 1 N–H and O–H groups in total. The average molecular weight is 307 g/mol. The number of aromatic nitrogens is 2. The van der Waals surface area contributed by atoms with Crippen molar-refractivity contribution in [2.24, 2.45) is 5.92 Å². The van der Waals surface area contributed by atoms with Crippen LogP contribution in [-0.2, 0) is 0 Å². The number of hydrogen-bond donors (Lipinski definition) is 1. The zero-order chi connectivity index (χ0) is 15.0. The number of aromatic carboxylic acids is 1. The van der Waals surface area contributed by atoms with E-state index >= 15 is 0 Å². The summed E-state index contributed by atoms with van der Waals surface area (Å²) in [5.74, 6) is 0.226. The van der Waals surface area contributed by atoms with Gasteiger partial charge in [0, 0.05) is 24.2 Å². The van der Waals surface area contributed by atoms with E-state index in [1.165, 1.54) is 24.2 Å². The van der Waals surface area contributed by atoms with Gasteiger partial charge in [0.25, 0.3) is 0 Å². The molecule has 2 heterocycles. The molecule has 0 atom stereocenters. The van der Waals surface area contributed by atoms with E-state index in [-0.39, 0.29) is 0 Å². The number of imidazole rings is 1. The van der Waals surface area contributed by atoms with Gasteiger partial charge in [-0.1, -0.05) is 26.7 Å². The number of thiazole rings is 1. The van der Waals surface area contributed by atoms with Gasteiger partial charge in [0.05, 0.1) is 0 Å². The van der Waals surface area contributed by atoms with E-state index in [0.29, 0.717) is 23.5 Å². The van der Waals surface area contributed by atoms with Crippen LogP contribution in [0.4, 0.5) is 5.82 Å². The number of carbonyl (C=O) groups is 1. The Balaban J connectivity index is 2.06. The summed E-state index contributed by atoms with van der Waals surface area (Å²) in [5.41, 5.74) is 0.304. The third kappa shape index (κ3) is 2.64. The number of hydrogen-bond acceptors (Lipinski definition) is 4. The van der Waals surface area contributed by atoms with Crippen molar-refractivity contribution < 1.29 is 9.90 Å². The number of fused-ring (bicyclic) bond motifs is 1. The number of rotatable bonds is 5. The molecule has 1 fully saturated rings. The van der Waals surface area contributed by atoms with Gasteiger partial charge in [-0.25, -0.2) is 9.78 Å². The normalized spacial score (nSPS) is 16.1. The number of anilines is 1. The summed E-state index contributed by atoms with van der Waals surface area (Å²) < 4.78 is 1.70. The number of carboxylic acid groups (broad SMARTS) is 1. The van der Waals surface area contributed by atoms with Crippen LogP contribution in [-0.4, -0.2) is 33.0 Å². The fourth-order valence-electron chi connectivity index (χ4n) is 3.19. The lowest BCUT2D eigenvalue weighted by atomic mass is 10.1. The van der Waals surface area contributed by atoms with Gasteiger partial charge in [0.1, 0.15) is 0 Å². The van der Waals surface area contributed by atoms with Crippen LogP contribution in [0.3, 0.4) is 0 Å². The summed E-state index contributed by atoms with van der Waals surface area (Å²) in [4.78, 5) is 19.3. The van der Waals surface area contributed by atoms with Crippen LogP contribution in [0.1, 0.15) is 50.0 Å². The molecule has 0 aromatic carbocycles. The van der Waals surface area contributed by atoms with Gasteiger partial charge in [-0.3, -0.25) is 4.40 Å². The van der Waals surface area contributed by atoms with Crippen LogP contribution < -0.4 is 4.90 Å². The van der Waals surface area contributed by atoms with E-state index in [4.69, 9.17) is 0 Å². The molecule has 1 saturated carbocycles. The fourth-order valence-corrected chi connectivity index (χ4v) is 3.90. The molecule has 6 heteroatoms.